The molecule has 0 spiro atoms. The number of rotatable bonds is 3. The van der Waals surface area contributed by atoms with Gasteiger partial charge in [-0.15, -0.1) is 0 Å². The van der Waals surface area contributed by atoms with Gasteiger partial charge in [-0.3, -0.25) is 4.79 Å². The number of hydrogen-bond acceptors (Lipinski definition) is 2. The maximum Gasteiger partial charge on any atom is 0.225 e. The van der Waals surface area contributed by atoms with Gasteiger partial charge in [-0.1, -0.05) is 15.9 Å². The van der Waals surface area contributed by atoms with E-state index >= 15 is 0 Å². The van der Waals surface area contributed by atoms with Crippen molar-refractivity contribution in [1.82, 2.24) is 4.90 Å². The first-order chi connectivity index (χ1) is 8.72. The summed E-state index contributed by atoms with van der Waals surface area (Å²) in [5.41, 5.74) is 0. The molecule has 96 valence electrons. The molecule has 1 saturated carbocycles. The maximum absolute atomic E-state index is 11.9. The van der Waals surface area contributed by atoms with Crippen LogP contribution in [0, 0.1) is 5.92 Å². The van der Waals surface area contributed by atoms with Crippen molar-refractivity contribution in [1.29, 1.82) is 0 Å². The quantitative estimate of drug-likeness (QED) is 0.859. The predicted octanol–water partition coefficient (Wildman–Crippen LogP) is 2.84. The molecular weight excluding hydrogens is 294 g/mol. The van der Waals surface area contributed by atoms with E-state index in [1.807, 2.05) is 29.2 Å². The third kappa shape index (κ3) is 2.69. The van der Waals surface area contributed by atoms with E-state index in [9.17, 15) is 4.79 Å². The molecule has 2 aliphatic rings. The SMILES string of the molecule is O=C(C1CC1)N1CCC(Oc2ccc(Br)cc2)C1. The molecule has 1 aromatic carbocycles. The molecule has 0 N–H and O–H groups in total. The number of amides is 1. The van der Waals surface area contributed by atoms with E-state index in [-0.39, 0.29) is 6.10 Å². The fourth-order valence-corrected chi connectivity index (χ4v) is 2.58. The van der Waals surface area contributed by atoms with E-state index in [4.69, 9.17) is 4.74 Å². The second-order valence-electron chi connectivity index (χ2n) is 5.04. The van der Waals surface area contributed by atoms with Crippen LogP contribution in [0.4, 0.5) is 0 Å². The molecule has 18 heavy (non-hydrogen) atoms. The van der Waals surface area contributed by atoms with E-state index in [1.54, 1.807) is 0 Å². The lowest BCUT2D eigenvalue weighted by Crippen LogP contribution is -2.31. The van der Waals surface area contributed by atoms with Gasteiger partial charge in [-0.2, -0.15) is 0 Å². The van der Waals surface area contributed by atoms with Crippen molar-refractivity contribution >= 4 is 21.8 Å². The largest absolute Gasteiger partial charge is 0.489 e. The zero-order valence-corrected chi connectivity index (χ0v) is 11.7. The number of hydrogen-bond donors (Lipinski definition) is 0. The number of nitrogens with zero attached hydrogens (tertiary/aromatic N) is 1. The Bertz CT molecular complexity index is 442. The van der Waals surface area contributed by atoms with Crippen LogP contribution in [0.3, 0.4) is 0 Å². The first-order valence-electron chi connectivity index (χ1n) is 6.43. The highest BCUT2D eigenvalue weighted by Gasteiger charge is 2.37. The van der Waals surface area contributed by atoms with Gasteiger partial charge in [0, 0.05) is 23.4 Å². The van der Waals surface area contributed by atoms with Crippen molar-refractivity contribution in [3.8, 4) is 5.75 Å². The Balaban J connectivity index is 1.55. The van der Waals surface area contributed by atoms with Crippen LogP contribution in [0.15, 0.2) is 28.7 Å². The molecule has 1 amide bonds. The molecule has 1 unspecified atom stereocenters. The number of likely N-dealkylation sites (tertiary alicyclic amines) is 1. The zero-order chi connectivity index (χ0) is 12.5. The van der Waals surface area contributed by atoms with Gasteiger partial charge in [0.2, 0.25) is 5.91 Å². The topological polar surface area (TPSA) is 29.5 Å². The highest BCUT2D eigenvalue weighted by Crippen LogP contribution is 2.32. The number of ether oxygens (including phenoxy) is 1. The fraction of sp³-hybridized carbons (Fsp3) is 0.500. The second kappa shape index (κ2) is 4.92. The van der Waals surface area contributed by atoms with Crippen LogP contribution < -0.4 is 4.74 Å². The van der Waals surface area contributed by atoms with Crippen LogP contribution in [-0.2, 0) is 4.79 Å². The van der Waals surface area contributed by atoms with Gasteiger partial charge in [0.1, 0.15) is 11.9 Å². The molecule has 2 fully saturated rings. The van der Waals surface area contributed by atoms with Crippen molar-refractivity contribution in [2.75, 3.05) is 13.1 Å². The number of carbonyl (C=O) groups is 1. The lowest BCUT2D eigenvalue weighted by molar-refractivity contribution is -0.131. The smallest absolute Gasteiger partial charge is 0.225 e. The molecule has 0 bridgehead atoms. The van der Waals surface area contributed by atoms with Crippen molar-refractivity contribution < 1.29 is 9.53 Å². The van der Waals surface area contributed by atoms with E-state index in [0.717, 1.165) is 42.6 Å². The van der Waals surface area contributed by atoms with Crippen molar-refractivity contribution in [2.24, 2.45) is 5.92 Å². The third-order valence-corrected chi connectivity index (χ3v) is 4.03. The summed E-state index contributed by atoms with van der Waals surface area (Å²) >= 11 is 3.40. The summed E-state index contributed by atoms with van der Waals surface area (Å²) in [6.07, 6.45) is 3.24. The predicted molar refractivity (Wildman–Crippen MR) is 72.5 cm³/mol. The Morgan fingerprint density at radius 3 is 2.61 bits per heavy atom. The minimum Gasteiger partial charge on any atom is -0.489 e. The van der Waals surface area contributed by atoms with Gasteiger partial charge in [0.05, 0.1) is 6.54 Å². The van der Waals surface area contributed by atoms with E-state index in [1.165, 1.54) is 0 Å². The molecule has 1 heterocycles. The summed E-state index contributed by atoms with van der Waals surface area (Å²) < 4.78 is 6.94. The minimum atomic E-state index is 0.147. The molecule has 0 radical (unpaired) electrons. The normalized spacial score (nSPS) is 23.2. The van der Waals surface area contributed by atoms with Crippen LogP contribution in [0.2, 0.25) is 0 Å². The average Bonchev–Trinajstić information content (AvgIpc) is 3.12. The van der Waals surface area contributed by atoms with Gasteiger partial charge in [0.25, 0.3) is 0 Å². The van der Waals surface area contributed by atoms with Crippen LogP contribution in [0.25, 0.3) is 0 Å². The van der Waals surface area contributed by atoms with E-state index in [2.05, 4.69) is 15.9 Å². The summed E-state index contributed by atoms with van der Waals surface area (Å²) in [5.74, 6) is 1.53. The molecule has 1 aliphatic heterocycles. The van der Waals surface area contributed by atoms with Crippen molar-refractivity contribution in [3.05, 3.63) is 28.7 Å². The molecule has 3 nitrogen and oxygen atoms in total. The Labute approximate surface area is 115 Å². The summed E-state index contributed by atoms with van der Waals surface area (Å²) in [6, 6.07) is 7.85. The third-order valence-electron chi connectivity index (χ3n) is 3.50. The number of halogens is 1. The monoisotopic (exact) mass is 309 g/mol. The fourth-order valence-electron chi connectivity index (χ4n) is 2.32. The zero-order valence-electron chi connectivity index (χ0n) is 10.1. The summed E-state index contributed by atoms with van der Waals surface area (Å²) in [5, 5.41) is 0. The summed E-state index contributed by atoms with van der Waals surface area (Å²) in [6.45, 7) is 1.59. The maximum atomic E-state index is 11.9. The van der Waals surface area contributed by atoms with E-state index < -0.39 is 0 Å². The standard InChI is InChI=1S/C14H16BrNO2/c15-11-3-5-12(6-4-11)18-13-7-8-16(9-13)14(17)10-1-2-10/h3-6,10,13H,1-2,7-9H2. The molecule has 3 rings (SSSR count). The van der Waals surface area contributed by atoms with Crippen LogP contribution in [-0.4, -0.2) is 30.0 Å². The molecule has 1 atom stereocenters. The highest BCUT2D eigenvalue weighted by molar-refractivity contribution is 9.10. The van der Waals surface area contributed by atoms with Crippen LogP contribution in [0.5, 0.6) is 5.75 Å². The highest BCUT2D eigenvalue weighted by atomic mass is 79.9. The van der Waals surface area contributed by atoms with Crippen molar-refractivity contribution in [3.63, 3.8) is 0 Å². The van der Waals surface area contributed by atoms with Crippen LogP contribution >= 0.6 is 15.9 Å². The summed E-state index contributed by atoms with van der Waals surface area (Å²) in [4.78, 5) is 13.9. The van der Waals surface area contributed by atoms with E-state index in [0.29, 0.717) is 11.8 Å². The van der Waals surface area contributed by atoms with Gasteiger partial charge in [0.15, 0.2) is 0 Å². The lowest BCUT2D eigenvalue weighted by atomic mass is 10.3. The molecule has 1 aliphatic carbocycles. The van der Waals surface area contributed by atoms with Gasteiger partial charge in [-0.25, -0.2) is 0 Å². The van der Waals surface area contributed by atoms with Gasteiger partial charge in [-0.05, 0) is 37.1 Å². The molecule has 1 aromatic rings. The molecule has 0 aromatic heterocycles. The summed E-state index contributed by atoms with van der Waals surface area (Å²) in [7, 11) is 0. The molecular formula is C14H16BrNO2. The Morgan fingerprint density at radius 1 is 1.22 bits per heavy atom. The van der Waals surface area contributed by atoms with Crippen LogP contribution in [0.1, 0.15) is 19.3 Å². The number of benzene rings is 1. The van der Waals surface area contributed by atoms with Gasteiger partial charge < -0.3 is 9.64 Å². The Kier molecular flexibility index (Phi) is 3.29. The Hall–Kier alpha value is -1.03. The number of carbonyl (C=O) groups excluding carboxylic acids is 1. The first kappa shape index (κ1) is 12.0. The first-order valence-corrected chi connectivity index (χ1v) is 7.23. The Morgan fingerprint density at radius 2 is 1.94 bits per heavy atom. The lowest BCUT2D eigenvalue weighted by Gasteiger charge is -2.17. The molecule has 4 heteroatoms. The molecule has 1 saturated heterocycles. The average molecular weight is 310 g/mol. The minimum absolute atomic E-state index is 0.147. The second-order valence-corrected chi connectivity index (χ2v) is 5.96. The van der Waals surface area contributed by atoms with Crippen molar-refractivity contribution in [2.45, 2.75) is 25.4 Å². The van der Waals surface area contributed by atoms with Gasteiger partial charge >= 0.3 is 0 Å².